The van der Waals surface area contributed by atoms with Crippen LogP contribution in [0.3, 0.4) is 0 Å². The lowest BCUT2D eigenvalue weighted by molar-refractivity contribution is 0.446. The zero-order chi connectivity index (χ0) is 13.1. The van der Waals surface area contributed by atoms with Crippen LogP contribution in [-0.4, -0.2) is 15.0 Å². The second-order valence-electron chi connectivity index (χ2n) is 4.32. The van der Waals surface area contributed by atoms with Gasteiger partial charge in [-0.15, -0.1) is 0 Å². The maximum absolute atomic E-state index is 5.87. The summed E-state index contributed by atoms with van der Waals surface area (Å²) in [6.07, 6.45) is 3.13. The van der Waals surface area contributed by atoms with Gasteiger partial charge in [0, 0.05) is 6.20 Å². The molecule has 2 rings (SSSR count). The number of nitrogens with two attached hydrogens (primary N) is 1. The van der Waals surface area contributed by atoms with E-state index >= 15 is 0 Å². The highest BCUT2D eigenvalue weighted by Crippen LogP contribution is 2.31. The van der Waals surface area contributed by atoms with Crippen LogP contribution in [0.2, 0.25) is 0 Å². The Morgan fingerprint density at radius 1 is 1.22 bits per heavy atom. The average Bonchev–Trinajstić information content (AvgIpc) is 2.31. The first-order valence-electron chi connectivity index (χ1n) is 5.79. The second kappa shape index (κ2) is 5.00. The van der Waals surface area contributed by atoms with Gasteiger partial charge >= 0.3 is 0 Å². The zero-order valence-electron chi connectivity index (χ0n) is 10.7. The van der Waals surface area contributed by atoms with Crippen molar-refractivity contribution in [3.05, 3.63) is 35.9 Å². The number of aryl methyl sites for hydroxylation is 1. The van der Waals surface area contributed by atoms with Gasteiger partial charge in [0.1, 0.15) is 12.1 Å². The van der Waals surface area contributed by atoms with E-state index in [1.54, 1.807) is 6.20 Å². The third kappa shape index (κ3) is 2.40. The van der Waals surface area contributed by atoms with Crippen LogP contribution in [0.15, 0.2) is 24.7 Å². The van der Waals surface area contributed by atoms with Crippen LogP contribution in [0.25, 0.3) is 0 Å². The molecule has 94 valence electrons. The van der Waals surface area contributed by atoms with Crippen molar-refractivity contribution in [3.63, 3.8) is 0 Å². The van der Waals surface area contributed by atoms with Gasteiger partial charge in [-0.1, -0.05) is 13.8 Å². The Morgan fingerprint density at radius 3 is 2.67 bits per heavy atom. The minimum absolute atomic E-state index is 0.193. The van der Waals surface area contributed by atoms with Gasteiger partial charge in [0.2, 0.25) is 5.88 Å². The lowest BCUT2D eigenvalue weighted by Crippen LogP contribution is -2.04. The molecule has 5 nitrogen and oxygen atoms in total. The van der Waals surface area contributed by atoms with Gasteiger partial charge in [-0.2, -0.15) is 0 Å². The van der Waals surface area contributed by atoms with E-state index in [1.165, 1.54) is 6.33 Å². The van der Waals surface area contributed by atoms with E-state index < -0.39 is 0 Å². The largest absolute Gasteiger partial charge is 0.437 e. The van der Waals surface area contributed by atoms with Gasteiger partial charge < -0.3 is 10.5 Å². The number of anilines is 1. The molecule has 0 aliphatic heterocycles. The molecule has 0 saturated carbocycles. The first kappa shape index (κ1) is 12.3. The number of hydrogen-bond donors (Lipinski definition) is 1. The summed E-state index contributed by atoms with van der Waals surface area (Å²) in [7, 11) is 0. The minimum atomic E-state index is 0.193. The van der Waals surface area contributed by atoms with E-state index in [1.807, 2.05) is 32.9 Å². The summed E-state index contributed by atoms with van der Waals surface area (Å²) in [4.78, 5) is 12.3. The average molecular weight is 244 g/mol. The Morgan fingerprint density at radius 2 is 2.00 bits per heavy atom. The summed E-state index contributed by atoms with van der Waals surface area (Å²) in [5.74, 6) is 1.82. The number of hydrogen-bond acceptors (Lipinski definition) is 5. The fourth-order valence-electron chi connectivity index (χ4n) is 1.70. The van der Waals surface area contributed by atoms with Crippen LogP contribution in [-0.2, 0) is 0 Å². The van der Waals surface area contributed by atoms with Crippen LogP contribution in [0.5, 0.6) is 11.6 Å². The maximum Gasteiger partial charge on any atom is 0.227 e. The molecule has 2 aromatic rings. The number of aromatic nitrogens is 3. The quantitative estimate of drug-likeness (QED) is 0.898. The predicted octanol–water partition coefficient (Wildman–Crippen LogP) is 2.68. The van der Waals surface area contributed by atoms with Gasteiger partial charge in [-0.05, 0) is 25.0 Å². The van der Waals surface area contributed by atoms with Crippen LogP contribution in [0.4, 0.5) is 5.82 Å². The van der Waals surface area contributed by atoms with E-state index in [9.17, 15) is 0 Å². The van der Waals surface area contributed by atoms with Crippen LogP contribution >= 0.6 is 0 Å². The first-order chi connectivity index (χ1) is 8.59. The number of nitrogen functional groups attached to an aromatic ring is 1. The standard InChI is InChI=1S/C13H16N4O/c1-8(2)11-12(14)16-7-17-13(11)18-10-5-4-6-15-9(10)3/h4-8H,1-3H3,(H2,14,16,17). The fraction of sp³-hybridized carbons (Fsp3) is 0.308. The molecular weight excluding hydrogens is 228 g/mol. The lowest BCUT2D eigenvalue weighted by atomic mass is 10.1. The van der Waals surface area contributed by atoms with Crippen molar-refractivity contribution < 1.29 is 4.74 Å². The summed E-state index contributed by atoms with van der Waals surface area (Å²) < 4.78 is 5.79. The number of rotatable bonds is 3. The molecule has 0 aliphatic carbocycles. The van der Waals surface area contributed by atoms with E-state index in [-0.39, 0.29) is 5.92 Å². The Hall–Kier alpha value is -2.17. The molecule has 2 aromatic heterocycles. The zero-order valence-corrected chi connectivity index (χ0v) is 10.7. The van der Waals surface area contributed by atoms with Crippen LogP contribution in [0, 0.1) is 6.92 Å². The molecule has 0 saturated heterocycles. The molecule has 0 spiro atoms. The first-order valence-corrected chi connectivity index (χ1v) is 5.79. The molecule has 0 atom stereocenters. The molecule has 0 bridgehead atoms. The molecule has 0 amide bonds. The fourth-order valence-corrected chi connectivity index (χ4v) is 1.70. The SMILES string of the molecule is Cc1ncccc1Oc1ncnc(N)c1C(C)C. The third-order valence-electron chi connectivity index (χ3n) is 2.62. The maximum atomic E-state index is 5.87. The summed E-state index contributed by atoms with van der Waals surface area (Å²) in [5.41, 5.74) is 7.50. The Labute approximate surface area is 106 Å². The summed E-state index contributed by atoms with van der Waals surface area (Å²) >= 11 is 0. The highest BCUT2D eigenvalue weighted by Gasteiger charge is 2.15. The van der Waals surface area contributed by atoms with Gasteiger partial charge in [0.25, 0.3) is 0 Å². The second-order valence-corrected chi connectivity index (χ2v) is 4.32. The van der Waals surface area contributed by atoms with Gasteiger partial charge in [0.05, 0.1) is 11.3 Å². The van der Waals surface area contributed by atoms with Crippen LogP contribution < -0.4 is 10.5 Å². The Balaban J connectivity index is 2.41. The van der Waals surface area contributed by atoms with E-state index in [0.29, 0.717) is 17.4 Å². The topological polar surface area (TPSA) is 73.9 Å². The summed E-state index contributed by atoms with van der Waals surface area (Å²) in [6, 6.07) is 3.67. The molecule has 0 unspecified atom stereocenters. The molecule has 2 heterocycles. The molecule has 0 aromatic carbocycles. The van der Waals surface area contributed by atoms with Crippen molar-refractivity contribution in [1.82, 2.24) is 15.0 Å². The highest BCUT2D eigenvalue weighted by atomic mass is 16.5. The van der Waals surface area contributed by atoms with Crippen LogP contribution in [0.1, 0.15) is 31.0 Å². The normalized spacial score (nSPS) is 10.7. The van der Waals surface area contributed by atoms with Crippen molar-refractivity contribution >= 4 is 5.82 Å². The smallest absolute Gasteiger partial charge is 0.227 e. The number of pyridine rings is 1. The molecule has 2 N–H and O–H groups in total. The van der Waals surface area contributed by atoms with E-state index in [4.69, 9.17) is 10.5 Å². The Kier molecular flexibility index (Phi) is 3.41. The predicted molar refractivity (Wildman–Crippen MR) is 69.6 cm³/mol. The molecule has 5 heteroatoms. The molecular formula is C13H16N4O. The molecule has 18 heavy (non-hydrogen) atoms. The lowest BCUT2D eigenvalue weighted by Gasteiger charge is -2.14. The minimum Gasteiger partial charge on any atom is -0.437 e. The van der Waals surface area contributed by atoms with Gasteiger partial charge in [-0.3, -0.25) is 4.98 Å². The van der Waals surface area contributed by atoms with Crippen molar-refractivity contribution in [2.45, 2.75) is 26.7 Å². The van der Waals surface area contributed by atoms with Gasteiger partial charge in [0.15, 0.2) is 5.75 Å². The van der Waals surface area contributed by atoms with E-state index in [2.05, 4.69) is 15.0 Å². The molecule has 0 aliphatic rings. The van der Waals surface area contributed by atoms with Crippen molar-refractivity contribution in [2.75, 3.05) is 5.73 Å². The number of ether oxygens (including phenoxy) is 1. The number of nitrogens with zero attached hydrogens (tertiary/aromatic N) is 3. The summed E-state index contributed by atoms with van der Waals surface area (Å²) in [5, 5.41) is 0. The summed E-state index contributed by atoms with van der Waals surface area (Å²) in [6.45, 7) is 5.94. The van der Waals surface area contributed by atoms with E-state index in [0.717, 1.165) is 11.3 Å². The molecule has 0 radical (unpaired) electrons. The van der Waals surface area contributed by atoms with Crippen molar-refractivity contribution in [3.8, 4) is 11.6 Å². The molecule has 0 fully saturated rings. The van der Waals surface area contributed by atoms with Crippen molar-refractivity contribution in [2.24, 2.45) is 0 Å². The Bertz CT molecular complexity index is 554. The highest BCUT2D eigenvalue weighted by molar-refractivity contribution is 5.48. The monoisotopic (exact) mass is 244 g/mol. The van der Waals surface area contributed by atoms with Gasteiger partial charge in [-0.25, -0.2) is 9.97 Å². The third-order valence-corrected chi connectivity index (χ3v) is 2.62. The van der Waals surface area contributed by atoms with Crippen molar-refractivity contribution in [1.29, 1.82) is 0 Å².